The standard InChI is InChI=1S/C15H20FNO/c1-17-15(11-6-4-3-5-7-11)12-8-9-13(16)14(10-12)18-2/h6,8-10,15,17H,3-5,7H2,1-2H3. The lowest BCUT2D eigenvalue weighted by atomic mass is 9.90. The van der Waals surface area contributed by atoms with E-state index >= 15 is 0 Å². The Hall–Kier alpha value is -1.35. The minimum Gasteiger partial charge on any atom is -0.494 e. The van der Waals surface area contributed by atoms with Gasteiger partial charge in [0.2, 0.25) is 0 Å². The van der Waals surface area contributed by atoms with Gasteiger partial charge in [0.1, 0.15) is 0 Å². The number of halogens is 1. The van der Waals surface area contributed by atoms with Crippen molar-refractivity contribution in [2.45, 2.75) is 31.7 Å². The quantitative estimate of drug-likeness (QED) is 0.823. The van der Waals surface area contributed by atoms with Gasteiger partial charge >= 0.3 is 0 Å². The van der Waals surface area contributed by atoms with Crippen LogP contribution in [0, 0.1) is 5.82 Å². The number of rotatable bonds is 4. The fraction of sp³-hybridized carbons (Fsp3) is 0.467. The van der Waals surface area contributed by atoms with Gasteiger partial charge < -0.3 is 10.1 Å². The molecular formula is C15H20FNO. The van der Waals surface area contributed by atoms with Gasteiger partial charge in [0.25, 0.3) is 0 Å². The second kappa shape index (κ2) is 6.01. The summed E-state index contributed by atoms with van der Waals surface area (Å²) in [5, 5.41) is 3.31. The molecule has 0 fully saturated rings. The summed E-state index contributed by atoms with van der Waals surface area (Å²) in [6, 6.07) is 5.25. The van der Waals surface area contributed by atoms with E-state index in [1.807, 2.05) is 13.1 Å². The van der Waals surface area contributed by atoms with Crippen molar-refractivity contribution in [2.75, 3.05) is 14.2 Å². The first kappa shape index (κ1) is 13.1. The molecule has 0 heterocycles. The van der Waals surface area contributed by atoms with E-state index in [2.05, 4.69) is 11.4 Å². The van der Waals surface area contributed by atoms with Gasteiger partial charge in [-0.2, -0.15) is 0 Å². The van der Waals surface area contributed by atoms with Crippen molar-refractivity contribution in [1.82, 2.24) is 5.32 Å². The van der Waals surface area contributed by atoms with Crippen LogP contribution < -0.4 is 10.1 Å². The first-order valence-corrected chi connectivity index (χ1v) is 6.46. The normalized spacial score (nSPS) is 17.2. The molecule has 0 aliphatic heterocycles. The number of nitrogens with one attached hydrogen (secondary N) is 1. The molecule has 2 rings (SSSR count). The summed E-state index contributed by atoms with van der Waals surface area (Å²) in [5.74, 6) is -0.00196. The van der Waals surface area contributed by atoms with Crippen LogP contribution in [0.25, 0.3) is 0 Å². The van der Waals surface area contributed by atoms with Gasteiger partial charge in [-0.1, -0.05) is 17.7 Å². The molecule has 2 nitrogen and oxygen atoms in total. The minimum absolute atomic E-state index is 0.166. The fourth-order valence-electron chi connectivity index (χ4n) is 2.55. The zero-order valence-electron chi connectivity index (χ0n) is 11.0. The second-order valence-electron chi connectivity index (χ2n) is 4.64. The van der Waals surface area contributed by atoms with Crippen LogP contribution in [-0.2, 0) is 0 Å². The van der Waals surface area contributed by atoms with Crippen molar-refractivity contribution in [2.24, 2.45) is 0 Å². The Bertz CT molecular complexity index is 442. The summed E-state index contributed by atoms with van der Waals surface area (Å²) in [6.45, 7) is 0. The highest BCUT2D eigenvalue weighted by atomic mass is 19.1. The maximum Gasteiger partial charge on any atom is 0.165 e. The molecule has 0 bridgehead atoms. The Labute approximate surface area is 108 Å². The zero-order chi connectivity index (χ0) is 13.0. The number of hydrogen-bond donors (Lipinski definition) is 1. The van der Waals surface area contributed by atoms with Crippen LogP contribution in [0.15, 0.2) is 29.8 Å². The molecule has 1 N–H and O–H groups in total. The summed E-state index contributed by atoms with van der Waals surface area (Å²) >= 11 is 0. The maximum atomic E-state index is 13.4. The van der Waals surface area contributed by atoms with Crippen LogP contribution in [0.3, 0.4) is 0 Å². The molecular weight excluding hydrogens is 229 g/mol. The third kappa shape index (κ3) is 2.72. The molecule has 1 aromatic rings. The molecule has 98 valence electrons. The van der Waals surface area contributed by atoms with Crippen LogP contribution in [0.1, 0.15) is 37.3 Å². The largest absolute Gasteiger partial charge is 0.494 e. The number of hydrogen-bond acceptors (Lipinski definition) is 2. The van der Waals surface area contributed by atoms with Crippen molar-refractivity contribution in [3.05, 3.63) is 41.2 Å². The lowest BCUT2D eigenvalue weighted by Gasteiger charge is -2.23. The van der Waals surface area contributed by atoms with Crippen molar-refractivity contribution in [3.63, 3.8) is 0 Å². The zero-order valence-corrected chi connectivity index (χ0v) is 11.0. The molecule has 1 atom stereocenters. The maximum absolute atomic E-state index is 13.4. The van der Waals surface area contributed by atoms with Gasteiger partial charge in [-0.3, -0.25) is 0 Å². The highest BCUT2D eigenvalue weighted by molar-refractivity contribution is 5.36. The molecule has 1 aliphatic rings. The Kier molecular flexibility index (Phi) is 4.37. The SMILES string of the molecule is CNC(C1=CCCCC1)c1ccc(F)c(OC)c1. The Morgan fingerprint density at radius 2 is 2.17 bits per heavy atom. The summed E-state index contributed by atoms with van der Waals surface area (Å²) in [5.41, 5.74) is 2.46. The third-order valence-electron chi connectivity index (χ3n) is 3.49. The fourth-order valence-corrected chi connectivity index (χ4v) is 2.55. The highest BCUT2D eigenvalue weighted by Gasteiger charge is 2.17. The van der Waals surface area contributed by atoms with Crippen molar-refractivity contribution in [3.8, 4) is 5.75 Å². The van der Waals surface area contributed by atoms with Gasteiger partial charge in [-0.15, -0.1) is 0 Å². The predicted octanol–water partition coefficient (Wildman–Crippen LogP) is 3.60. The molecule has 0 saturated heterocycles. The lowest BCUT2D eigenvalue weighted by Crippen LogP contribution is -2.20. The van der Waals surface area contributed by atoms with E-state index in [0.29, 0.717) is 5.75 Å². The summed E-state index contributed by atoms with van der Waals surface area (Å²) in [6.07, 6.45) is 7.08. The van der Waals surface area contributed by atoms with Crippen LogP contribution in [-0.4, -0.2) is 14.2 Å². The van der Waals surface area contributed by atoms with Gasteiger partial charge in [0, 0.05) is 0 Å². The smallest absolute Gasteiger partial charge is 0.165 e. The van der Waals surface area contributed by atoms with E-state index in [1.54, 1.807) is 6.07 Å². The van der Waals surface area contributed by atoms with E-state index in [9.17, 15) is 4.39 Å². The van der Waals surface area contributed by atoms with Gasteiger partial charge in [-0.25, -0.2) is 4.39 Å². The van der Waals surface area contributed by atoms with Crippen molar-refractivity contribution < 1.29 is 9.13 Å². The molecule has 1 aromatic carbocycles. The van der Waals surface area contributed by atoms with E-state index in [-0.39, 0.29) is 11.9 Å². The lowest BCUT2D eigenvalue weighted by molar-refractivity contribution is 0.385. The van der Waals surface area contributed by atoms with Gasteiger partial charge in [0.15, 0.2) is 11.6 Å². The average molecular weight is 249 g/mol. The molecule has 1 unspecified atom stereocenters. The third-order valence-corrected chi connectivity index (χ3v) is 3.49. The second-order valence-corrected chi connectivity index (χ2v) is 4.64. The molecule has 0 aromatic heterocycles. The molecule has 3 heteroatoms. The summed E-state index contributed by atoms with van der Waals surface area (Å²) in [4.78, 5) is 0. The number of likely N-dealkylation sites (N-methyl/N-ethyl adjacent to an activating group) is 1. The Balaban J connectivity index is 2.29. The van der Waals surface area contributed by atoms with Gasteiger partial charge in [-0.05, 0) is 50.4 Å². The topological polar surface area (TPSA) is 21.3 Å². The van der Waals surface area contributed by atoms with Gasteiger partial charge in [0.05, 0.1) is 13.2 Å². The van der Waals surface area contributed by atoms with Crippen LogP contribution in [0.4, 0.5) is 4.39 Å². The first-order valence-electron chi connectivity index (χ1n) is 6.46. The van der Waals surface area contributed by atoms with Crippen molar-refractivity contribution in [1.29, 1.82) is 0 Å². The minimum atomic E-state index is -0.311. The van der Waals surface area contributed by atoms with E-state index in [4.69, 9.17) is 4.74 Å². The Morgan fingerprint density at radius 3 is 2.78 bits per heavy atom. The van der Waals surface area contributed by atoms with E-state index in [1.165, 1.54) is 31.6 Å². The molecule has 0 amide bonds. The Morgan fingerprint density at radius 1 is 1.33 bits per heavy atom. The molecule has 1 aliphatic carbocycles. The molecule has 18 heavy (non-hydrogen) atoms. The first-order chi connectivity index (χ1) is 8.76. The average Bonchev–Trinajstić information content (AvgIpc) is 2.42. The highest BCUT2D eigenvalue weighted by Crippen LogP contribution is 2.31. The molecule has 0 saturated carbocycles. The summed E-state index contributed by atoms with van der Waals surface area (Å²) < 4.78 is 18.5. The van der Waals surface area contributed by atoms with Crippen LogP contribution in [0.5, 0.6) is 5.75 Å². The predicted molar refractivity (Wildman–Crippen MR) is 71.3 cm³/mol. The molecule has 0 radical (unpaired) electrons. The molecule has 0 spiro atoms. The summed E-state index contributed by atoms with van der Waals surface area (Å²) in [7, 11) is 3.44. The van der Waals surface area contributed by atoms with Crippen LogP contribution in [0.2, 0.25) is 0 Å². The van der Waals surface area contributed by atoms with E-state index in [0.717, 1.165) is 18.4 Å². The number of methoxy groups -OCH3 is 1. The number of ether oxygens (including phenoxy) is 1. The van der Waals surface area contributed by atoms with Crippen molar-refractivity contribution >= 4 is 0 Å². The number of allylic oxidation sites excluding steroid dienone is 1. The monoisotopic (exact) mass is 249 g/mol. The van der Waals surface area contributed by atoms with Crippen LogP contribution >= 0.6 is 0 Å². The number of benzene rings is 1. The van der Waals surface area contributed by atoms with E-state index < -0.39 is 0 Å².